The summed E-state index contributed by atoms with van der Waals surface area (Å²) in [6.07, 6.45) is 0. The van der Waals surface area contributed by atoms with Crippen molar-refractivity contribution in [3.05, 3.63) is 188 Å². The second-order valence-electron chi connectivity index (χ2n) is 14.0. The van der Waals surface area contributed by atoms with Gasteiger partial charge in [0.15, 0.2) is 17.5 Å². The van der Waals surface area contributed by atoms with Gasteiger partial charge in [0, 0.05) is 27.5 Å². The molecular weight excluding hydrogens is 671 g/mol. The average Bonchev–Trinajstić information content (AvgIpc) is 3.65. The van der Waals surface area contributed by atoms with Crippen LogP contribution in [0.15, 0.2) is 192 Å². The van der Waals surface area contributed by atoms with Crippen molar-refractivity contribution >= 4 is 54.3 Å². The van der Waals surface area contributed by atoms with Gasteiger partial charge in [-0.15, -0.1) is 0 Å². The first-order chi connectivity index (χ1) is 27.2. The Kier molecular flexibility index (Phi) is 7.14. The average molecular weight is 702 g/mol. The highest BCUT2D eigenvalue weighted by Gasteiger charge is 2.21. The van der Waals surface area contributed by atoms with Crippen molar-refractivity contribution in [2.75, 3.05) is 0 Å². The first-order valence-corrected chi connectivity index (χ1v) is 18.5. The Bertz CT molecular complexity index is 3260. The van der Waals surface area contributed by atoms with Crippen LogP contribution in [0.3, 0.4) is 0 Å². The minimum Gasteiger partial charge on any atom is -0.456 e. The highest BCUT2D eigenvalue weighted by molar-refractivity contribution is 6.20. The monoisotopic (exact) mass is 701 g/mol. The molecule has 11 rings (SSSR count). The Labute approximate surface area is 317 Å². The molecule has 2 heterocycles. The van der Waals surface area contributed by atoms with Crippen LogP contribution in [0.25, 0.3) is 111 Å². The zero-order chi connectivity index (χ0) is 36.3. The summed E-state index contributed by atoms with van der Waals surface area (Å²) in [6.45, 7) is 0. The van der Waals surface area contributed by atoms with E-state index in [1.807, 2.05) is 36.4 Å². The number of furan rings is 1. The topological polar surface area (TPSA) is 51.8 Å². The van der Waals surface area contributed by atoms with Gasteiger partial charge >= 0.3 is 0 Å². The summed E-state index contributed by atoms with van der Waals surface area (Å²) in [5, 5.41) is 9.28. The number of aromatic nitrogens is 3. The lowest BCUT2D eigenvalue weighted by atomic mass is 9.92. The summed E-state index contributed by atoms with van der Waals surface area (Å²) < 4.78 is 6.59. The van der Waals surface area contributed by atoms with Gasteiger partial charge in [-0.25, -0.2) is 15.0 Å². The van der Waals surface area contributed by atoms with Crippen LogP contribution in [-0.4, -0.2) is 15.0 Å². The fourth-order valence-electron chi connectivity index (χ4n) is 8.11. The summed E-state index contributed by atoms with van der Waals surface area (Å²) in [5.74, 6) is 1.81. The van der Waals surface area contributed by atoms with Gasteiger partial charge in [-0.2, -0.15) is 0 Å². The SMILES string of the molecule is c1ccc(-c2nc(-c3ccc4c(ccc5ccc6ccccc6c54)c3)nc(-c3cc(-c4ccccc4-c4ccccc4)cc4oc5ccccc5c34)n2)cc1. The quantitative estimate of drug-likeness (QED) is 0.168. The molecule has 4 nitrogen and oxygen atoms in total. The summed E-state index contributed by atoms with van der Waals surface area (Å²) >= 11 is 0. The van der Waals surface area contributed by atoms with E-state index in [0.717, 1.165) is 66.3 Å². The molecule has 0 saturated carbocycles. The predicted molar refractivity (Wildman–Crippen MR) is 227 cm³/mol. The molecule has 0 radical (unpaired) electrons. The third-order valence-corrected chi connectivity index (χ3v) is 10.7. The minimum absolute atomic E-state index is 0.587. The van der Waals surface area contributed by atoms with Crippen LogP contribution in [0.4, 0.5) is 0 Å². The standard InChI is InChI=1S/C51H31N3O/c1-3-13-32(14-4-1)39-18-9-10-19-40(39)38-30-44(48-43-21-11-12-22-45(43)55-46(48)31-38)51-53-49(35-16-5-2-6-17-35)52-50(54-51)37-27-28-42-36(29-37)26-25-34-24-23-33-15-7-8-20-41(33)47(34)42/h1-31H. The summed E-state index contributed by atoms with van der Waals surface area (Å²) in [7, 11) is 0. The van der Waals surface area contributed by atoms with Crippen molar-refractivity contribution in [3.8, 4) is 56.4 Å². The maximum atomic E-state index is 6.59. The number of hydrogen-bond acceptors (Lipinski definition) is 4. The Morgan fingerprint density at radius 3 is 1.67 bits per heavy atom. The Morgan fingerprint density at radius 2 is 0.873 bits per heavy atom. The van der Waals surface area contributed by atoms with Crippen molar-refractivity contribution in [3.63, 3.8) is 0 Å². The van der Waals surface area contributed by atoms with E-state index < -0.39 is 0 Å². The molecule has 11 aromatic rings. The first-order valence-electron chi connectivity index (χ1n) is 18.5. The molecule has 0 aliphatic carbocycles. The molecule has 4 heteroatoms. The number of nitrogens with zero attached hydrogens (tertiary/aromatic N) is 3. The number of fused-ring (bicyclic) bond motifs is 8. The lowest BCUT2D eigenvalue weighted by Crippen LogP contribution is -2.01. The Hall–Kier alpha value is -7.43. The van der Waals surface area contributed by atoms with E-state index >= 15 is 0 Å². The summed E-state index contributed by atoms with van der Waals surface area (Å²) in [5.41, 5.74) is 8.75. The molecule has 0 N–H and O–H groups in total. The minimum atomic E-state index is 0.587. The van der Waals surface area contributed by atoms with Gasteiger partial charge in [0.05, 0.1) is 0 Å². The van der Waals surface area contributed by atoms with Crippen LogP contribution in [0.1, 0.15) is 0 Å². The number of benzene rings is 9. The van der Waals surface area contributed by atoms with Crippen molar-refractivity contribution in [2.24, 2.45) is 0 Å². The molecule has 0 unspecified atom stereocenters. The highest BCUT2D eigenvalue weighted by atomic mass is 16.3. The molecule has 0 aliphatic heterocycles. The smallest absolute Gasteiger partial charge is 0.164 e. The van der Waals surface area contributed by atoms with Crippen molar-refractivity contribution in [1.82, 2.24) is 15.0 Å². The maximum absolute atomic E-state index is 6.59. The van der Waals surface area contributed by atoms with Gasteiger partial charge in [0.25, 0.3) is 0 Å². The van der Waals surface area contributed by atoms with E-state index in [4.69, 9.17) is 19.4 Å². The molecule has 55 heavy (non-hydrogen) atoms. The fraction of sp³-hybridized carbons (Fsp3) is 0. The molecular formula is C51H31N3O. The molecule has 0 saturated heterocycles. The van der Waals surface area contributed by atoms with Gasteiger partial charge < -0.3 is 4.42 Å². The molecule has 0 amide bonds. The van der Waals surface area contributed by atoms with Gasteiger partial charge in [0.2, 0.25) is 0 Å². The lowest BCUT2D eigenvalue weighted by Gasteiger charge is -2.14. The zero-order valence-corrected chi connectivity index (χ0v) is 29.6. The normalized spacial score (nSPS) is 11.6. The molecule has 0 bridgehead atoms. The molecule has 0 atom stereocenters. The summed E-state index contributed by atoms with van der Waals surface area (Å²) in [4.78, 5) is 15.7. The Balaban J connectivity index is 1.17. The highest BCUT2D eigenvalue weighted by Crippen LogP contribution is 2.42. The second kappa shape index (κ2) is 12.6. The Morgan fingerprint density at radius 1 is 0.291 bits per heavy atom. The molecule has 9 aromatic carbocycles. The lowest BCUT2D eigenvalue weighted by molar-refractivity contribution is 0.669. The van der Waals surface area contributed by atoms with Gasteiger partial charge in [-0.3, -0.25) is 0 Å². The zero-order valence-electron chi connectivity index (χ0n) is 29.6. The molecule has 0 aliphatic rings. The number of para-hydroxylation sites is 1. The first kappa shape index (κ1) is 31.1. The number of rotatable bonds is 5. The van der Waals surface area contributed by atoms with E-state index in [1.54, 1.807) is 0 Å². The van der Waals surface area contributed by atoms with Crippen LogP contribution in [0.2, 0.25) is 0 Å². The maximum Gasteiger partial charge on any atom is 0.164 e. The predicted octanol–water partition coefficient (Wildman–Crippen LogP) is 13.6. The van der Waals surface area contributed by atoms with Gasteiger partial charge in [0.1, 0.15) is 11.2 Å². The van der Waals surface area contributed by atoms with E-state index in [9.17, 15) is 0 Å². The van der Waals surface area contributed by atoms with E-state index in [1.165, 1.54) is 26.9 Å². The van der Waals surface area contributed by atoms with Gasteiger partial charge in [-0.1, -0.05) is 164 Å². The van der Waals surface area contributed by atoms with Gasteiger partial charge in [-0.05, 0) is 78.8 Å². The van der Waals surface area contributed by atoms with Crippen molar-refractivity contribution in [1.29, 1.82) is 0 Å². The molecule has 256 valence electrons. The van der Waals surface area contributed by atoms with Crippen molar-refractivity contribution < 1.29 is 4.42 Å². The van der Waals surface area contributed by atoms with E-state index in [2.05, 4.69) is 152 Å². The second-order valence-corrected chi connectivity index (χ2v) is 14.0. The third-order valence-electron chi connectivity index (χ3n) is 10.7. The van der Waals surface area contributed by atoms with E-state index in [0.29, 0.717) is 17.5 Å². The van der Waals surface area contributed by atoms with Crippen LogP contribution in [0.5, 0.6) is 0 Å². The van der Waals surface area contributed by atoms with Crippen LogP contribution >= 0.6 is 0 Å². The largest absolute Gasteiger partial charge is 0.456 e. The van der Waals surface area contributed by atoms with Crippen molar-refractivity contribution in [2.45, 2.75) is 0 Å². The molecule has 0 fully saturated rings. The number of hydrogen-bond donors (Lipinski definition) is 0. The van der Waals surface area contributed by atoms with E-state index in [-0.39, 0.29) is 0 Å². The summed E-state index contributed by atoms with van der Waals surface area (Å²) in [6, 6.07) is 65.7. The van der Waals surface area contributed by atoms with Crippen LogP contribution in [-0.2, 0) is 0 Å². The van der Waals surface area contributed by atoms with Crippen LogP contribution in [0, 0.1) is 0 Å². The molecule has 2 aromatic heterocycles. The third kappa shape index (κ3) is 5.26. The molecule has 0 spiro atoms. The van der Waals surface area contributed by atoms with Crippen LogP contribution < -0.4 is 0 Å². The fourth-order valence-corrected chi connectivity index (χ4v) is 8.11.